The first-order valence-corrected chi connectivity index (χ1v) is 7.34. The average molecular weight is 279 g/mol. The lowest BCUT2D eigenvalue weighted by Gasteiger charge is -2.33. The summed E-state index contributed by atoms with van der Waals surface area (Å²) < 4.78 is 7.40. The predicted octanol–water partition coefficient (Wildman–Crippen LogP) is 3.27. The number of hydrogen-bond acceptors (Lipinski definition) is 3. The van der Waals surface area contributed by atoms with Crippen molar-refractivity contribution < 1.29 is 9.53 Å². The average Bonchev–Trinajstić information content (AvgIpc) is 2.69. The summed E-state index contributed by atoms with van der Waals surface area (Å²) in [4.78, 5) is 15.9. The Labute approximate surface area is 120 Å². The summed E-state index contributed by atoms with van der Waals surface area (Å²) in [6, 6.07) is 0.446. The van der Waals surface area contributed by atoms with Crippen LogP contribution in [0.1, 0.15) is 58.7 Å². The van der Waals surface area contributed by atoms with Gasteiger partial charge in [-0.25, -0.2) is 9.78 Å². The molecule has 20 heavy (non-hydrogen) atoms. The molecule has 1 fully saturated rings. The molecule has 5 heteroatoms. The third-order valence-electron chi connectivity index (χ3n) is 3.83. The van der Waals surface area contributed by atoms with Crippen molar-refractivity contribution in [2.45, 2.75) is 65.1 Å². The van der Waals surface area contributed by atoms with Gasteiger partial charge >= 0.3 is 6.09 Å². The topological polar surface area (TPSA) is 56.2 Å². The van der Waals surface area contributed by atoms with E-state index >= 15 is 0 Å². The van der Waals surface area contributed by atoms with Crippen molar-refractivity contribution in [1.29, 1.82) is 0 Å². The number of hydrogen-bond donors (Lipinski definition) is 1. The highest BCUT2D eigenvalue weighted by Gasteiger charge is 2.26. The highest BCUT2D eigenvalue weighted by atomic mass is 16.6. The smallest absolute Gasteiger partial charge is 0.407 e. The first kappa shape index (κ1) is 14.9. The van der Waals surface area contributed by atoms with Crippen LogP contribution in [0.2, 0.25) is 0 Å². The van der Waals surface area contributed by atoms with Gasteiger partial charge in [0.15, 0.2) is 0 Å². The molecule has 1 N–H and O–H groups in total. The number of carbonyl (C=O) groups is 1. The Morgan fingerprint density at radius 1 is 1.55 bits per heavy atom. The second kappa shape index (κ2) is 5.85. The SMILES string of the molecule is CC(C1CCC1)n1cncc1CNC(=O)OC(C)(C)C. The number of imidazole rings is 1. The van der Waals surface area contributed by atoms with E-state index in [1.54, 1.807) is 0 Å². The van der Waals surface area contributed by atoms with Crippen LogP contribution < -0.4 is 5.32 Å². The molecule has 0 saturated heterocycles. The molecule has 0 aromatic carbocycles. The van der Waals surface area contributed by atoms with Crippen molar-refractivity contribution in [3.05, 3.63) is 18.2 Å². The van der Waals surface area contributed by atoms with Crippen LogP contribution in [0, 0.1) is 5.92 Å². The van der Waals surface area contributed by atoms with Gasteiger partial charge in [-0.2, -0.15) is 0 Å². The molecular weight excluding hydrogens is 254 g/mol. The van der Waals surface area contributed by atoms with Crippen LogP contribution >= 0.6 is 0 Å². The summed E-state index contributed by atoms with van der Waals surface area (Å²) >= 11 is 0. The zero-order chi connectivity index (χ0) is 14.8. The lowest BCUT2D eigenvalue weighted by atomic mass is 9.80. The molecule has 0 bridgehead atoms. The molecule has 0 aliphatic heterocycles. The van der Waals surface area contributed by atoms with Crippen molar-refractivity contribution in [2.75, 3.05) is 0 Å². The summed E-state index contributed by atoms with van der Waals surface area (Å²) in [6.07, 6.45) is 7.19. The molecule has 1 aromatic rings. The van der Waals surface area contributed by atoms with Gasteiger partial charge in [0, 0.05) is 12.2 Å². The number of nitrogens with zero attached hydrogens (tertiary/aromatic N) is 2. The van der Waals surface area contributed by atoms with Crippen LogP contribution in [0.15, 0.2) is 12.5 Å². The molecule has 1 aliphatic rings. The van der Waals surface area contributed by atoms with E-state index in [9.17, 15) is 4.79 Å². The quantitative estimate of drug-likeness (QED) is 0.920. The minimum Gasteiger partial charge on any atom is -0.444 e. The maximum atomic E-state index is 11.7. The molecule has 1 saturated carbocycles. The zero-order valence-electron chi connectivity index (χ0n) is 12.8. The van der Waals surface area contributed by atoms with Crippen LogP contribution in [0.3, 0.4) is 0 Å². The van der Waals surface area contributed by atoms with E-state index in [0.717, 1.165) is 11.6 Å². The van der Waals surface area contributed by atoms with Crippen LogP contribution in [-0.2, 0) is 11.3 Å². The Kier molecular flexibility index (Phi) is 4.35. The van der Waals surface area contributed by atoms with E-state index in [1.165, 1.54) is 19.3 Å². The Morgan fingerprint density at radius 2 is 2.25 bits per heavy atom. The molecular formula is C15H25N3O2. The molecule has 2 rings (SSSR count). The summed E-state index contributed by atoms with van der Waals surface area (Å²) in [5.74, 6) is 0.740. The van der Waals surface area contributed by atoms with Gasteiger partial charge in [-0.05, 0) is 46.5 Å². The maximum Gasteiger partial charge on any atom is 0.407 e. The van der Waals surface area contributed by atoms with E-state index in [2.05, 4.69) is 21.8 Å². The normalized spacial score (nSPS) is 17.4. The largest absolute Gasteiger partial charge is 0.444 e. The molecule has 112 valence electrons. The van der Waals surface area contributed by atoms with E-state index in [-0.39, 0.29) is 6.09 Å². The van der Waals surface area contributed by atoms with Gasteiger partial charge in [0.25, 0.3) is 0 Å². The number of alkyl carbamates (subject to hydrolysis) is 1. The summed E-state index contributed by atoms with van der Waals surface area (Å²) in [5.41, 5.74) is 0.555. The lowest BCUT2D eigenvalue weighted by molar-refractivity contribution is 0.0521. The van der Waals surface area contributed by atoms with Gasteiger partial charge in [-0.3, -0.25) is 0 Å². The number of aromatic nitrogens is 2. The molecule has 5 nitrogen and oxygen atoms in total. The standard InChI is InChI=1S/C15H25N3O2/c1-11(12-6-5-7-12)18-10-16-8-13(18)9-17-14(19)20-15(2,3)4/h8,10-12H,5-7,9H2,1-4H3,(H,17,19). The van der Waals surface area contributed by atoms with Crippen molar-refractivity contribution in [3.8, 4) is 0 Å². The van der Waals surface area contributed by atoms with E-state index in [4.69, 9.17) is 4.74 Å². The van der Waals surface area contributed by atoms with Gasteiger partial charge in [-0.15, -0.1) is 0 Å². The van der Waals surface area contributed by atoms with Crippen molar-refractivity contribution in [3.63, 3.8) is 0 Å². The van der Waals surface area contributed by atoms with Crippen LogP contribution in [0.25, 0.3) is 0 Å². The molecule has 1 heterocycles. The molecule has 0 spiro atoms. The third-order valence-corrected chi connectivity index (χ3v) is 3.83. The van der Waals surface area contributed by atoms with Gasteiger partial charge in [0.1, 0.15) is 5.60 Å². The Balaban J connectivity index is 1.90. The number of carbonyl (C=O) groups excluding carboxylic acids is 1. The first-order valence-electron chi connectivity index (χ1n) is 7.34. The molecule has 1 aromatic heterocycles. The Morgan fingerprint density at radius 3 is 2.80 bits per heavy atom. The van der Waals surface area contributed by atoms with Gasteiger partial charge in [0.05, 0.1) is 18.6 Å². The number of nitrogens with one attached hydrogen (secondary N) is 1. The minimum atomic E-state index is -0.469. The van der Waals surface area contributed by atoms with Crippen LogP contribution in [0.5, 0.6) is 0 Å². The molecule has 1 amide bonds. The molecule has 1 aliphatic carbocycles. The minimum absolute atomic E-state index is 0.387. The van der Waals surface area contributed by atoms with E-state index in [0.29, 0.717) is 12.6 Å². The van der Waals surface area contributed by atoms with Crippen molar-refractivity contribution in [1.82, 2.24) is 14.9 Å². The summed E-state index contributed by atoms with van der Waals surface area (Å²) in [7, 11) is 0. The first-order chi connectivity index (χ1) is 9.37. The fourth-order valence-electron chi connectivity index (χ4n) is 2.46. The fraction of sp³-hybridized carbons (Fsp3) is 0.733. The summed E-state index contributed by atoms with van der Waals surface area (Å²) in [5, 5.41) is 2.79. The van der Waals surface area contributed by atoms with Gasteiger partial charge < -0.3 is 14.6 Å². The van der Waals surface area contributed by atoms with Crippen LogP contribution in [-0.4, -0.2) is 21.2 Å². The highest BCUT2D eigenvalue weighted by molar-refractivity contribution is 5.67. The van der Waals surface area contributed by atoms with Crippen LogP contribution in [0.4, 0.5) is 4.79 Å². The monoisotopic (exact) mass is 279 g/mol. The van der Waals surface area contributed by atoms with E-state index < -0.39 is 5.60 Å². The Bertz CT molecular complexity index is 458. The number of rotatable bonds is 4. The molecule has 1 atom stereocenters. The lowest BCUT2D eigenvalue weighted by Crippen LogP contribution is -2.33. The summed E-state index contributed by atoms with van der Waals surface area (Å²) in [6.45, 7) is 8.24. The number of amides is 1. The molecule has 0 radical (unpaired) electrons. The van der Waals surface area contributed by atoms with Gasteiger partial charge in [-0.1, -0.05) is 6.42 Å². The molecule has 1 unspecified atom stereocenters. The van der Waals surface area contributed by atoms with Gasteiger partial charge in [0.2, 0.25) is 0 Å². The van der Waals surface area contributed by atoms with Crippen molar-refractivity contribution >= 4 is 6.09 Å². The Hall–Kier alpha value is -1.52. The second-order valence-electron chi connectivity index (χ2n) is 6.58. The maximum absolute atomic E-state index is 11.7. The highest BCUT2D eigenvalue weighted by Crippen LogP contribution is 2.36. The third kappa shape index (κ3) is 3.74. The fourth-order valence-corrected chi connectivity index (χ4v) is 2.46. The number of ether oxygens (including phenoxy) is 1. The van der Waals surface area contributed by atoms with E-state index in [1.807, 2.05) is 33.3 Å². The second-order valence-corrected chi connectivity index (χ2v) is 6.58. The predicted molar refractivity (Wildman–Crippen MR) is 77.4 cm³/mol. The van der Waals surface area contributed by atoms with Crippen molar-refractivity contribution in [2.24, 2.45) is 5.92 Å². The zero-order valence-corrected chi connectivity index (χ0v) is 12.8.